The lowest BCUT2D eigenvalue weighted by atomic mass is 9.94. The molecule has 4 rings (SSSR count). The first-order valence-corrected chi connectivity index (χ1v) is 10.9. The molecule has 2 aromatic rings. The van der Waals surface area contributed by atoms with Crippen molar-refractivity contribution in [1.29, 1.82) is 0 Å². The number of hydrogen-bond donors (Lipinski definition) is 3. The molecule has 32 heavy (non-hydrogen) atoms. The molecule has 2 heterocycles. The monoisotopic (exact) mass is 432 g/mol. The van der Waals surface area contributed by atoms with Gasteiger partial charge in [0, 0.05) is 19.1 Å². The molecule has 0 saturated carbocycles. The molecule has 7 heteroatoms. The number of urea groups is 1. The third-order valence-electron chi connectivity index (χ3n) is 6.33. The summed E-state index contributed by atoms with van der Waals surface area (Å²) >= 11 is 0. The predicted octanol–water partition coefficient (Wildman–Crippen LogP) is 3.38. The van der Waals surface area contributed by atoms with Gasteiger partial charge in [0.05, 0.1) is 11.3 Å². The zero-order valence-electron chi connectivity index (χ0n) is 18.4. The molecule has 7 nitrogen and oxygen atoms in total. The van der Waals surface area contributed by atoms with E-state index in [0.29, 0.717) is 37.2 Å². The highest BCUT2D eigenvalue weighted by Gasteiger charge is 2.40. The minimum absolute atomic E-state index is 0.162. The van der Waals surface area contributed by atoms with E-state index in [1.54, 1.807) is 17.0 Å². The van der Waals surface area contributed by atoms with Crippen LogP contribution in [0.25, 0.3) is 11.1 Å². The van der Waals surface area contributed by atoms with Crippen molar-refractivity contribution in [2.75, 3.05) is 18.4 Å². The molecular weight excluding hydrogens is 404 g/mol. The maximum absolute atomic E-state index is 13.4. The number of piperidine rings is 1. The Labute approximate surface area is 187 Å². The zero-order chi connectivity index (χ0) is 22.8. The summed E-state index contributed by atoms with van der Waals surface area (Å²) in [6.07, 6.45) is 2.56. The summed E-state index contributed by atoms with van der Waals surface area (Å²) in [5, 5.41) is 8.49. The summed E-state index contributed by atoms with van der Waals surface area (Å²) in [5.74, 6) is -0.389. The van der Waals surface area contributed by atoms with Crippen LogP contribution in [0.4, 0.5) is 10.5 Å². The summed E-state index contributed by atoms with van der Waals surface area (Å²) in [7, 11) is 0. The molecule has 166 valence electrons. The molecule has 0 bridgehead atoms. The van der Waals surface area contributed by atoms with E-state index >= 15 is 0 Å². The highest BCUT2D eigenvalue weighted by atomic mass is 16.2. The topological polar surface area (TPSA) is 90.5 Å². The highest BCUT2D eigenvalue weighted by molar-refractivity contribution is 6.10. The summed E-state index contributed by atoms with van der Waals surface area (Å²) in [6.45, 7) is 8.47. The van der Waals surface area contributed by atoms with Crippen LogP contribution in [0.5, 0.6) is 0 Å². The van der Waals surface area contributed by atoms with Crippen LogP contribution >= 0.6 is 0 Å². The number of carbonyl (C=O) groups excluding carboxylic acids is 3. The molecule has 0 aliphatic carbocycles. The molecule has 1 saturated heterocycles. The van der Waals surface area contributed by atoms with Gasteiger partial charge in [-0.15, -0.1) is 6.58 Å². The normalized spacial score (nSPS) is 19.9. The molecule has 0 spiro atoms. The van der Waals surface area contributed by atoms with Crippen LogP contribution in [-0.2, 0) is 4.79 Å². The van der Waals surface area contributed by atoms with Gasteiger partial charge in [0.1, 0.15) is 6.04 Å². The lowest BCUT2D eigenvalue weighted by Gasteiger charge is -2.37. The maximum atomic E-state index is 13.4. The zero-order valence-corrected chi connectivity index (χ0v) is 18.4. The first-order chi connectivity index (χ1) is 15.4. The van der Waals surface area contributed by atoms with Crippen molar-refractivity contribution in [2.24, 2.45) is 0 Å². The number of amides is 4. The van der Waals surface area contributed by atoms with Crippen LogP contribution in [0.15, 0.2) is 49.1 Å². The van der Waals surface area contributed by atoms with Gasteiger partial charge in [-0.1, -0.05) is 30.3 Å². The first kappa shape index (κ1) is 21.6. The molecule has 0 unspecified atom stereocenters. The second-order valence-electron chi connectivity index (χ2n) is 8.38. The summed E-state index contributed by atoms with van der Waals surface area (Å²) in [5.41, 5.74) is 5.38. The number of nitrogens with zero attached hydrogens (tertiary/aromatic N) is 1. The molecule has 2 atom stereocenters. The number of aryl methyl sites for hydroxylation is 1. The Morgan fingerprint density at radius 2 is 2.03 bits per heavy atom. The van der Waals surface area contributed by atoms with E-state index in [4.69, 9.17) is 0 Å². The van der Waals surface area contributed by atoms with Crippen LogP contribution in [0.3, 0.4) is 0 Å². The number of rotatable bonds is 4. The van der Waals surface area contributed by atoms with Gasteiger partial charge in [-0.05, 0) is 61.1 Å². The average molecular weight is 433 g/mol. The van der Waals surface area contributed by atoms with Gasteiger partial charge in [-0.2, -0.15) is 0 Å². The van der Waals surface area contributed by atoms with Crippen molar-refractivity contribution in [3.05, 3.63) is 65.7 Å². The van der Waals surface area contributed by atoms with Gasteiger partial charge in [0.15, 0.2) is 0 Å². The Kier molecular flexibility index (Phi) is 5.99. The van der Waals surface area contributed by atoms with Crippen LogP contribution < -0.4 is 16.0 Å². The van der Waals surface area contributed by atoms with Crippen molar-refractivity contribution in [3.63, 3.8) is 0 Å². The van der Waals surface area contributed by atoms with E-state index in [0.717, 1.165) is 16.7 Å². The fourth-order valence-corrected chi connectivity index (χ4v) is 4.42. The second-order valence-corrected chi connectivity index (χ2v) is 8.38. The Balaban J connectivity index is 1.59. The lowest BCUT2D eigenvalue weighted by molar-refractivity contribution is -0.121. The molecular formula is C25H28N4O3. The fourth-order valence-electron chi connectivity index (χ4n) is 4.42. The van der Waals surface area contributed by atoms with E-state index in [1.165, 1.54) is 5.56 Å². The van der Waals surface area contributed by atoms with E-state index in [1.807, 2.05) is 24.3 Å². The molecule has 0 radical (unpaired) electrons. The number of hydrogen-bond acceptors (Lipinski definition) is 3. The largest absolute Gasteiger partial charge is 0.335 e. The SMILES string of the molecule is C=CCNC(=O)N[C@H]1CCN2C(=O)c3cc(-c4cccc(C)c4C)ccc3NC(=O)[C@@H]2C1. The molecule has 4 amide bonds. The Bertz CT molecular complexity index is 1090. The van der Waals surface area contributed by atoms with E-state index in [9.17, 15) is 14.4 Å². The van der Waals surface area contributed by atoms with Gasteiger partial charge in [-0.25, -0.2) is 4.79 Å². The minimum Gasteiger partial charge on any atom is -0.335 e. The molecule has 0 aromatic heterocycles. The van der Waals surface area contributed by atoms with E-state index < -0.39 is 6.04 Å². The van der Waals surface area contributed by atoms with Gasteiger partial charge in [0.25, 0.3) is 5.91 Å². The molecule has 1 fully saturated rings. The molecule has 2 aliphatic heterocycles. The summed E-state index contributed by atoms with van der Waals surface area (Å²) in [6, 6.07) is 10.6. The smallest absolute Gasteiger partial charge is 0.315 e. The van der Waals surface area contributed by atoms with Crippen molar-refractivity contribution in [1.82, 2.24) is 15.5 Å². The van der Waals surface area contributed by atoms with E-state index in [-0.39, 0.29) is 23.9 Å². The minimum atomic E-state index is -0.627. The maximum Gasteiger partial charge on any atom is 0.315 e. The average Bonchev–Trinajstić information content (AvgIpc) is 2.88. The van der Waals surface area contributed by atoms with Gasteiger partial charge in [-0.3, -0.25) is 9.59 Å². The molecule has 2 aromatic carbocycles. The number of anilines is 1. The number of carbonyl (C=O) groups is 3. The van der Waals surface area contributed by atoms with E-state index in [2.05, 4.69) is 42.4 Å². The summed E-state index contributed by atoms with van der Waals surface area (Å²) in [4.78, 5) is 40.0. The Morgan fingerprint density at radius 3 is 2.81 bits per heavy atom. The van der Waals surface area contributed by atoms with Crippen molar-refractivity contribution >= 4 is 23.5 Å². The third kappa shape index (κ3) is 4.10. The lowest BCUT2D eigenvalue weighted by Crippen LogP contribution is -2.56. The third-order valence-corrected chi connectivity index (χ3v) is 6.33. The van der Waals surface area contributed by atoms with Gasteiger partial charge < -0.3 is 20.9 Å². The molecule has 3 N–H and O–H groups in total. The van der Waals surface area contributed by atoms with Crippen LogP contribution in [0, 0.1) is 13.8 Å². The Hall–Kier alpha value is -3.61. The van der Waals surface area contributed by atoms with Gasteiger partial charge >= 0.3 is 6.03 Å². The second kappa shape index (κ2) is 8.86. The Morgan fingerprint density at radius 1 is 1.22 bits per heavy atom. The van der Waals surface area contributed by atoms with Crippen molar-refractivity contribution < 1.29 is 14.4 Å². The highest BCUT2D eigenvalue weighted by Crippen LogP contribution is 2.33. The van der Waals surface area contributed by atoms with Crippen LogP contribution in [0.1, 0.15) is 34.3 Å². The van der Waals surface area contributed by atoms with Crippen LogP contribution in [-0.4, -0.2) is 47.9 Å². The van der Waals surface area contributed by atoms with Gasteiger partial charge in [0.2, 0.25) is 5.91 Å². The molecule has 2 aliphatic rings. The number of nitrogens with one attached hydrogen (secondary N) is 3. The van der Waals surface area contributed by atoms with Crippen molar-refractivity contribution in [2.45, 2.75) is 38.8 Å². The summed E-state index contributed by atoms with van der Waals surface area (Å²) < 4.78 is 0. The quantitative estimate of drug-likeness (QED) is 0.647. The predicted molar refractivity (Wildman–Crippen MR) is 125 cm³/mol. The standard InChI is InChI=1S/C25H28N4O3/c1-4-11-26-25(32)27-18-10-12-29-22(14-18)23(30)28-21-9-8-17(13-20(21)24(29)31)19-7-5-6-15(2)16(19)3/h4-9,13,18,22H,1,10-12,14H2,2-3H3,(H,28,30)(H2,26,27,32)/t18-,22-/m0/s1. The van der Waals surface area contributed by atoms with Crippen molar-refractivity contribution in [3.8, 4) is 11.1 Å². The fraction of sp³-hybridized carbons (Fsp3) is 0.320. The number of fused-ring (bicyclic) bond motifs is 2. The number of benzene rings is 2. The van der Waals surface area contributed by atoms with Crippen LogP contribution in [0.2, 0.25) is 0 Å². The first-order valence-electron chi connectivity index (χ1n) is 10.9.